The van der Waals surface area contributed by atoms with Gasteiger partial charge in [-0.25, -0.2) is 4.39 Å². The third kappa shape index (κ3) is 3.74. The van der Waals surface area contributed by atoms with Crippen LogP contribution in [0.25, 0.3) is 0 Å². The van der Waals surface area contributed by atoms with Crippen LogP contribution >= 0.6 is 11.8 Å². The first-order valence-electron chi connectivity index (χ1n) is 6.33. The molecule has 2 rings (SSSR count). The van der Waals surface area contributed by atoms with Crippen LogP contribution in [0.5, 0.6) is 0 Å². The summed E-state index contributed by atoms with van der Waals surface area (Å²) >= 11 is 1.62. The summed E-state index contributed by atoms with van der Waals surface area (Å²) in [6, 6.07) is 13.5. The maximum Gasteiger partial charge on any atom is 0.147 e. The number of nitrogens with two attached hydrogens (primary N) is 1. The lowest BCUT2D eigenvalue weighted by Crippen LogP contribution is -1.90. The second kappa shape index (κ2) is 6.11. The lowest BCUT2D eigenvalue weighted by Gasteiger charge is -2.07. The van der Waals surface area contributed by atoms with E-state index in [2.05, 4.69) is 38.1 Å². The predicted molar refractivity (Wildman–Crippen MR) is 80.9 cm³/mol. The molecule has 0 saturated carbocycles. The van der Waals surface area contributed by atoms with Gasteiger partial charge in [0.1, 0.15) is 5.82 Å². The zero-order valence-electron chi connectivity index (χ0n) is 11.2. The van der Waals surface area contributed by atoms with Gasteiger partial charge in [-0.15, -0.1) is 11.8 Å². The standard InChI is InChI=1S/C16H18FNS/c1-11(2)13-5-3-12(4-6-13)10-19-14-7-8-16(18)15(17)9-14/h3-9,11H,10,18H2,1-2H3. The lowest BCUT2D eigenvalue weighted by molar-refractivity contribution is 0.629. The summed E-state index contributed by atoms with van der Waals surface area (Å²) in [4.78, 5) is 0.902. The van der Waals surface area contributed by atoms with Gasteiger partial charge in [0.2, 0.25) is 0 Å². The van der Waals surface area contributed by atoms with Crippen molar-refractivity contribution in [3.63, 3.8) is 0 Å². The Morgan fingerprint density at radius 2 is 1.79 bits per heavy atom. The molecule has 0 aliphatic rings. The molecular weight excluding hydrogens is 257 g/mol. The second-order valence-corrected chi connectivity index (χ2v) is 5.92. The smallest absolute Gasteiger partial charge is 0.147 e. The van der Waals surface area contributed by atoms with Crippen molar-refractivity contribution in [3.8, 4) is 0 Å². The molecule has 0 aromatic heterocycles. The monoisotopic (exact) mass is 275 g/mol. The number of rotatable bonds is 4. The number of hydrogen-bond acceptors (Lipinski definition) is 2. The summed E-state index contributed by atoms with van der Waals surface area (Å²) in [5.74, 6) is 1.04. The van der Waals surface area contributed by atoms with Crippen LogP contribution in [0.4, 0.5) is 10.1 Å². The van der Waals surface area contributed by atoms with Crippen LogP contribution in [0.3, 0.4) is 0 Å². The number of thioether (sulfide) groups is 1. The van der Waals surface area contributed by atoms with E-state index in [9.17, 15) is 4.39 Å². The van der Waals surface area contributed by atoms with Crippen molar-refractivity contribution in [2.75, 3.05) is 5.73 Å². The van der Waals surface area contributed by atoms with Gasteiger partial charge < -0.3 is 5.73 Å². The predicted octanol–water partition coefficient (Wildman–Crippen LogP) is 4.82. The van der Waals surface area contributed by atoms with Crippen molar-refractivity contribution in [3.05, 3.63) is 59.4 Å². The molecule has 19 heavy (non-hydrogen) atoms. The molecule has 0 radical (unpaired) electrons. The van der Waals surface area contributed by atoms with Gasteiger partial charge in [0.15, 0.2) is 0 Å². The van der Waals surface area contributed by atoms with E-state index in [-0.39, 0.29) is 11.5 Å². The van der Waals surface area contributed by atoms with Gasteiger partial charge in [0, 0.05) is 10.6 Å². The van der Waals surface area contributed by atoms with E-state index in [0.717, 1.165) is 10.6 Å². The molecule has 0 amide bonds. The maximum atomic E-state index is 13.3. The van der Waals surface area contributed by atoms with Gasteiger partial charge in [0.05, 0.1) is 5.69 Å². The first-order valence-corrected chi connectivity index (χ1v) is 7.31. The molecule has 0 aliphatic heterocycles. The fraction of sp³-hybridized carbons (Fsp3) is 0.250. The molecule has 2 aromatic carbocycles. The Morgan fingerprint density at radius 1 is 1.11 bits per heavy atom. The summed E-state index contributed by atoms with van der Waals surface area (Å²) < 4.78 is 13.3. The molecule has 100 valence electrons. The van der Waals surface area contributed by atoms with Crippen molar-refractivity contribution >= 4 is 17.4 Å². The summed E-state index contributed by atoms with van der Waals surface area (Å²) in [6.45, 7) is 4.36. The Labute approximate surface area is 118 Å². The fourth-order valence-electron chi connectivity index (χ4n) is 1.76. The van der Waals surface area contributed by atoms with E-state index < -0.39 is 0 Å². The van der Waals surface area contributed by atoms with Crippen LogP contribution in [0.15, 0.2) is 47.4 Å². The number of benzene rings is 2. The topological polar surface area (TPSA) is 26.0 Å². The average Bonchev–Trinajstić information content (AvgIpc) is 2.40. The molecule has 0 atom stereocenters. The number of halogens is 1. The van der Waals surface area contributed by atoms with Crippen molar-refractivity contribution in [2.24, 2.45) is 0 Å². The molecular formula is C16H18FNS. The van der Waals surface area contributed by atoms with Gasteiger partial charge in [0.25, 0.3) is 0 Å². The Bertz CT molecular complexity index is 549. The van der Waals surface area contributed by atoms with Gasteiger partial charge in [-0.2, -0.15) is 0 Å². The molecule has 2 aromatic rings. The van der Waals surface area contributed by atoms with Gasteiger partial charge in [-0.3, -0.25) is 0 Å². The lowest BCUT2D eigenvalue weighted by atomic mass is 10.0. The van der Waals surface area contributed by atoms with E-state index in [0.29, 0.717) is 5.92 Å². The van der Waals surface area contributed by atoms with Gasteiger partial charge in [-0.05, 0) is 35.2 Å². The van der Waals surface area contributed by atoms with Crippen LogP contribution < -0.4 is 5.73 Å². The maximum absolute atomic E-state index is 13.3. The van der Waals surface area contributed by atoms with Crippen molar-refractivity contribution < 1.29 is 4.39 Å². The zero-order valence-corrected chi connectivity index (χ0v) is 12.0. The minimum atomic E-state index is -0.347. The first kappa shape index (κ1) is 13.9. The molecule has 3 heteroatoms. The second-order valence-electron chi connectivity index (χ2n) is 4.87. The van der Waals surface area contributed by atoms with Gasteiger partial charge >= 0.3 is 0 Å². The van der Waals surface area contributed by atoms with Crippen molar-refractivity contribution in [2.45, 2.75) is 30.4 Å². The summed E-state index contributed by atoms with van der Waals surface area (Å²) in [5, 5.41) is 0. The molecule has 1 nitrogen and oxygen atoms in total. The minimum absolute atomic E-state index is 0.200. The van der Waals surface area contributed by atoms with Crippen molar-refractivity contribution in [1.29, 1.82) is 0 Å². The Kier molecular flexibility index (Phi) is 4.48. The molecule has 0 saturated heterocycles. The molecule has 0 unspecified atom stereocenters. The van der Waals surface area contributed by atoms with Crippen LogP contribution in [0, 0.1) is 5.82 Å². The average molecular weight is 275 g/mol. The third-order valence-electron chi connectivity index (χ3n) is 3.02. The Hall–Kier alpha value is -1.48. The molecule has 0 bridgehead atoms. The van der Waals surface area contributed by atoms with E-state index in [1.165, 1.54) is 17.2 Å². The fourth-order valence-corrected chi connectivity index (χ4v) is 2.64. The van der Waals surface area contributed by atoms with Crippen LogP contribution in [-0.2, 0) is 5.75 Å². The molecule has 0 heterocycles. The summed E-state index contributed by atoms with van der Waals surface area (Å²) in [6.07, 6.45) is 0. The Balaban J connectivity index is 2.00. The molecule has 0 fully saturated rings. The highest BCUT2D eigenvalue weighted by Crippen LogP contribution is 2.26. The Morgan fingerprint density at radius 3 is 2.37 bits per heavy atom. The molecule has 2 N–H and O–H groups in total. The minimum Gasteiger partial charge on any atom is -0.396 e. The van der Waals surface area contributed by atoms with E-state index in [1.54, 1.807) is 17.8 Å². The summed E-state index contributed by atoms with van der Waals surface area (Å²) in [5.41, 5.74) is 8.24. The third-order valence-corrected chi connectivity index (χ3v) is 4.09. The highest BCUT2D eigenvalue weighted by Gasteiger charge is 2.02. The van der Waals surface area contributed by atoms with E-state index in [4.69, 9.17) is 5.73 Å². The van der Waals surface area contributed by atoms with Gasteiger partial charge in [-0.1, -0.05) is 38.1 Å². The highest BCUT2D eigenvalue weighted by molar-refractivity contribution is 7.98. The zero-order chi connectivity index (χ0) is 13.8. The van der Waals surface area contributed by atoms with Crippen LogP contribution in [0.1, 0.15) is 30.9 Å². The number of anilines is 1. The normalized spacial score (nSPS) is 10.9. The first-order chi connectivity index (χ1) is 9.06. The van der Waals surface area contributed by atoms with Crippen molar-refractivity contribution in [1.82, 2.24) is 0 Å². The van der Waals surface area contributed by atoms with Crippen LogP contribution in [0.2, 0.25) is 0 Å². The molecule has 0 spiro atoms. The molecule has 0 aliphatic carbocycles. The largest absolute Gasteiger partial charge is 0.396 e. The number of nitrogen functional groups attached to an aromatic ring is 1. The number of hydrogen-bond donors (Lipinski definition) is 1. The van der Waals surface area contributed by atoms with E-state index >= 15 is 0 Å². The quantitative estimate of drug-likeness (QED) is 0.639. The SMILES string of the molecule is CC(C)c1ccc(CSc2ccc(N)c(F)c2)cc1. The summed E-state index contributed by atoms with van der Waals surface area (Å²) in [7, 11) is 0. The van der Waals surface area contributed by atoms with Crippen LogP contribution in [-0.4, -0.2) is 0 Å². The van der Waals surface area contributed by atoms with E-state index in [1.807, 2.05) is 6.07 Å². The highest BCUT2D eigenvalue weighted by atomic mass is 32.2.